The number of hydrogen-bond donors (Lipinski definition) is 1. The Labute approximate surface area is 133 Å². The van der Waals surface area contributed by atoms with Crippen LogP contribution in [-0.2, 0) is 9.53 Å². The zero-order valence-electron chi connectivity index (χ0n) is 13.9. The van der Waals surface area contributed by atoms with E-state index in [1.165, 1.54) is 0 Å². The van der Waals surface area contributed by atoms with Gasteiger partial charge in [0.05, 0.1) is 19.3 Å². The van der Waals surface area contributed by atoms with Crippen molar-refractivity contribution in [3.05, 3.63) is 0 Å². The van der Waals surface area contributed by atoms with Crippen LogP contribution in [0.3, 0.4) is 0 Å². The standard InChI is InChI=1S/C15H30N4O3/c1-16-3-9-19(10-4-16)15(21)12-18-7-5-17(6-8-18)11-14(20)13-22-2/h14,20H,3-13H2,1-2H3/t14-/m0/s1. The lowest BCUT2D eigenvalue weighted by atomic mass is 10.2. The lowest BCUT2D eigenvalue weighted by Gasteiger charge is -2.37. The molecule has 1 N–H and O–H groups in total. The fourth-order valence-electron chi connectivity index (χ4n) is 3.02. The van der Waals surface area contributed by atoms with Crippen molar-refractivity contribution in [2.75, 3.05) is 86.2 Å². The van der Waals surface area contributed by atoms with Crippen molar-refractivity contribution in [3.8, 4) is 0 Å². The number of likely N-dealkylation sites (N-methyl/N-ethyl adjacent to an activating group) is 1. The first-order valence-electron chi connectivity index (χ1n) is 8.16. The Hall–Kier alpha value is -0.730. The molecule has 22 heavy (non-hydrogen) atoms. The first kappa shape index (κ1) is 17.6. The number of nitrogens with zero attached hydrogens (tertiary/aromatic N) is 4. The second-order valence-corrected chi connectivity index (χ2v) is 6.37. The maximum atomic E-state index is 12.3. The first-order valence-corrected chi connectivity index (χ1v) is 8.16. The Balaban J connectivity index is 1.65. The van der Waals surface area contributed by atoms with Crippen molar-refractivity contribution in [1.29, 1.82) is 0 Å². The van der Waals surface area contributed by atoms with E-state index in [-0.39, 0.29) is 5.91 Å². The molecular formula is C15H30N4O3. The molecule has 2 aliphatic rings. The number of methoxy groups -OCH3 is 1. The fraction of sp³-hybridized carbons (Fsp3) is 0.933. The number of rotatable bonds is 6. The zero-order valence-corrected chi connectivity index (χ0v) is 13.9. The van der Waals surface area contributed by atoms with E-state index in [0.29, 0.717) is 19.7 Å². The summed E-state index contributed by atoms with van der Waals surface area (Å²) in [6.07, 6.45) is -0.427. The van der Waals surface area contributed by atoms with Gasteiger partial charge >= 0.3 is 0 Å². The average molecular weight is 314 g/mol. The highest BCUT2D eigenvalue weighted by Gasteiger charge is 2.24. The van der Waals surface area contributed by atoms with Gasteiger partial charge in [0.2, 0.25) is 5.91 Å². The average Bonchev–Trinajstić information content (AvgIpc) is 2.50. The van der Waals surface area contributed by atoms with Gasteiger partial charge in [-0.2, -0.15) is 0 Å². The van der Waals surface area contributed by atoms with Crippen molar-refractivity contribution >= 4 is 5.91 Å². The van der Waals surface area contributed by atoms with Crippen LogP contribution >= 0.6 is 0 Å². The molecule has 0 aliphatic carbocycles. The first-order chi connectivity index (χ1) is 10.6. The minimum Gasteiger partial charge on any atom is -0.389 e. The molecule has 1 atom stereocenters. The van der Waals surface area contributed by atoms with E-state index in [2.05, 4.69) is 21.7 Å². The lowest BCUT2D eigenvalue weighted by molar-refractivity contribution is -0.134. The summed E-state index contributed by atoms with van der Waals surface area (Å²) in [7, 11) is 3.70. The molecule has 2 rings (SSSR count). The largest absolute Gasteiger partial charge is 0.389 e. The summed E-state index contributed by atoms with van der Waals surface area (Å²) in [4.78, 5) is 21.0. The number of carbonyl (C=O) groups is 1. The van der Waals surface area contributed by atoms with Crippen LogP contribution in [-0.4, -0.2) is 123 Å². The molecule has 2 aliphatic heterocycles. The Bertz CT molecular complexity index is 340. The molecule has 1 amide bonds. The molecule has 128 valence electrons. The summed E-state index contributed by atoms with van der Waals surface area (Å²) in [6, 6.07) is 0. The van der Waals surface area contributed by atoms with E-state index in [4.69, 9.17) is 4.74 Å². The van der Waals surface area contributed by atoms with Crippen molar-refractivity contribution in [3.63, 3.8) is 0 Å². The molecule has 0 unspecified atom stereocenters. The van der Waals surface area contributed by atoms with Crippen molar-refractivity contribution in [2.24, 2.45) is 0 Å². The van der Waals surface area contributed by atoms with E-state index in [0.717, 1.165) is 52.4 Å². The van der Waals surface area contributed by atoms with E-state index < -0.39 is 6.10 Å². The van der Waals surface area contributed by atoms with Gasteiger partial charge in [0.15, 0.2) is 0 Å². The summed E-state index contributed by atoms with van der Waals surface area (Å²) in [5.41, 5.74) is 0. The second kappa shape index (κ2) is 8.79. The molecule has 0 aromatic carbocycles. The van der Waals surface area contributed by atoms with Crippen LogP contribution in [0.5, 0.6) is 0 Å². The van der Waals surface area contributed by atoms with Crippen molar-refractivity contribution in [2.45, 2.75) is 6.10 Å². The third kappa shape index (κ3) is 5.48. The van der Waals surface area contributed by atoms with E-state index in [1.807, 2.05) is 4.90 Å². The van der Waals surface area contributed by atoms with Gasteiger partial charge in [0.25, 0.3) is 0 Å². The van der Waals surface area contributed by atoms with Crippen LogP contribution in [0.15, 0.2) is 0 Å². The van der Waals surface area contributed by atoms with Crippen LogP contribution in [0.1, 0.15) is 0 Å². The monoisotopic (exact) mass is 314 g/mol. The number of piperazine rings is 2. The van der Waals surface area contributed by atoms with Crippen molar-refractivity contribution < 1.29 is 14.6 Å². The third-order valence-corrected chi connectivity index (χ3v) is 4.51. The molecule has 0 spiro atoms. The van der Waals surface area contributed by atoms with Gasteiger partial charge < -0.3 is 19.6 Å². The van der Waals surface area contributed by atoms with Gasteiger partial charge in [0.1, 0.15) is 0 Å². The van der Waals surface area contributed by atoms with Gasteiger partial charge in [-0.05, 0) is 7.05 Å². The van der Waals surface area contributed by atoms with E-state index in [1.54, 1.807) is 7.11 Å². The predicted molar refractivity (Wildman–Crippen MR) is 84.8 cm³/mol. The Morgan fingerprint density at radius 2 is 1.64 bits per heavy atom. The van der Waals surface area contributed by atoms with Crippen LogP contribution in [0.2, 0.25) is 0 Å². The summed E-state index contributed by atoms with van der Waals surface area (Å²) in [5.74, 6) is 0.251. The molecule has 2 fully saturated rings. The van der Waals surface area contributed by atoms with E-state index in [9.17, 15) is 9.90 Å². The SMILES string of the molecule is COC[C@@H](O)CN1CCN(CC(=O)N2CCN(C)CC2)CC1. The number of amides is 1. The third-order valence-electron chi connectivity index (χ3n) is 4.51. The van der Waals surface area contributed by atoms with Crippen LogP contribution in [0.4, 0.5) is 0 Å². The van der Waals surface area contributed by atoms with Gasteiger partial charge in [-0.1, -0.05) is 0 Å². The highest BCUT2D eigenvalue weighted by Crippen LogP contribution is 2.05. The molecule has 0 aromatic rings. The van der Waals surface area contributed by atoms with Crippen LogP contribution in [0, 0.1) is 0 Å². The molecule has 2 heterocycles. The quantitative estimate of drug-likeness (QED) is 0.636. The lowest BCUT2D eigenvalue weighted by Crippen LogP contribution is -2.54. The molecule has 0 saturated carbocycles. The molecule has 0 aromatic heterocycles. The second-order valence-electron chi connectivity index (χ2n) is 6.37. The highest BCUT2D eigenvalue weighted by atomic mass is 16.5. The normalized spacial score (nSPS) is 23.7. The Morgan fingerprint density at radius 1 is 1.05 bits per heavy atom. The van der Waals surface area contributed by atoms with Crippen LogP contribution in [0.25, 0.3) is 0 Å². The summed E-state index contributed by atoms with van der Waals surface area (Å²) in [5, 5.41) is 9.76. The molecule has 2 saturated heterocycles. The molecule has 0 radical (unpaired) electrons. The fourth-order valence-corrected chi connectivity index (χ4v) is 3.02. The topological polar surface area (TPSA) is 59.5 Å². The van der Waals surface area contributed by atoms with Gasteiger partial charge in [-0.15, -0.1) is 0 Å². The Kier molecular flexibility index (Phi) is 7.04. The predicted octanol–water partition coefficient (Wildman–Crippen LogP) is -1.61. The number of hydrogen-bond acceptors (Lipinski definition) is 6. The number of β-amino-alcohol motifs (C(OH)–C–C–N with tert-alkyl or cyclic N) is 1. The number of aliphatic hydroxyl groups is 1. The van der Waals surface area contributed by atoms with Crippen molar-refractivity contribution in [1.82, 2.24) is 19.6 Å². The van der Waals surface area contributed by atoms with Gasteiger partial charge in [-0.25, -0.2) is 0 Å². The van der Waals surface area contributed by atoms with Gasteiger partial charge in [-0.3, -0.25) is 14.6 Å². The van der Waals surface area contributed by atoms with Crippen LogP contribution < -0.4 is 0 Å². The summed E-state index contributed by atoms with van der Waals surface area (Å²) in [6.45, 7) is 8.76. The zero-order chi connectivity index (χ0) is 15.9. The van der Waals surface area contributed by atoms with Gasteiger partial charge in [0, 0.05) is 66.0 Å². The maximum absolute atomic E-state index is 12.3. The molecule has 0 bridgehead atoms. The smallest absolute Gasteiger partial charge is 0.236 e. The molecule has 7 heteroatoms. The number of carbonyl (C=O) groups excluding carboxylic acids is 1. The molecule has 7 nitrogen and oxygen atoms in total. The maximum Gasteiger partial charge on any atom is 0.236 e. The summed E-state index contributed by atoms with van der Waals surface area (Å²) >= 11 is 0. The number of ether oxygens (including phenoxy) is 1. The number of aliphatic hydroxyl groups excluding tert-OH is 1. The minimum atomic E-state index is -0.427. The van der Waals surface area contributed by atoms with E-state index >= 15 is 0 Å². The molecular weight excluding hydrogens is 284 g/mol. The highest BCUT2D eigenvalue weighted by molar-refractivity contribution is 5.78. The minimum absolute atomic E-state index is 0.251. The Morgan fingerprint density at radius 3 is 2.23 bits per heavy atom. The summed E-state index contributed by atoms with van der Waals surface area (Å²) < 4.78 is 4.95.